The van der Waals surface area contributed by atoms with Gasteiger partial charge in [0.2, 0.25) is 0 Å². The van der Waals surface area contributed by atoms with Crippen molar-refractivity contribution in [1.82, 2.24) is 4.90 Å². The fourth-order valence-corrected chi connectivity index (χ4v) is 3.03. The molecule has 19 heavy (non-hydrogen) atoms. The average Bonchev–Trinajstić information content (AvgIpc) is 2.31. The number of halogens is 2. The highest BCUT2D eigenvalue weighted by molar-refractivity contribution is 4.89. The lowest BCUT2D eigenvalue weighted by Gasteiger charge is -2.41. The van der Waals surface area contributed by atoms with Crippen LogP contribution in [0.1, 0.15) is 65.2 Å². The van der Waals surface area contributed by atoms with E-state index in [-0.39, 0.29) is 19.0 Å². The van der Waals surface area contributed by atoms with E-state index in [0.717, 1.165) is 32.1 Å². The molecule has 1 heterocycles. The molecule has 1 aliphatic rings. The molecule has 1 saturated heterocycles. The molecule has 0 aromatic carbocycles. The predicted molar refractivity (Wildman–Crippen MR) is 76.6 cm³/mol. The number of likely N-dealkylation sites (tertiary alicyclic amines) is 1. The lowest BCUT2D eigenvalue weighted by atomic mass is 9.95. The van der Waals surface area contributed by atoms with Crippen LogP contribution in [0.2, 0.25) is 0 Å². The minimum absolute atomic E-state index is 0.0960. The fourth-order valence-electron chi connectivity index (χ4n) is 3.03. The second-order valence-corrected chi connectivity index (χ2v) is 6.04. The number of unbranched alkanes of at least 4 members (excludes halogenated alkanes) is 3. The molecule has 2 atom stereocenters. The normalized spacial score (nSPS) is 25.4. The number of nitrogens with zero attached hydrogens (tertiary/aromatic N) is 1. The van der Waals surface area contributed by atoms with E-state index in [9.17, 15) is 8.78 Å². The van der Waals surface area contributed by atoms with Crippen molar-refractivity contribution >= 4 is 0 Å². The van der Waals surface area contributed by atoms with Crippen LogP contribution in [0.15, 0.2) is 0 Å². The Morgan fingerprint density at radius 2 is 1.79 bits per heavy atom. The number of nitrogens with two attached hydrogens (primary N) is 1. The summed E-state index contributed by atoms with van der Waals surface area (Å²) in [5.41, 5.74) is 5.80. The fraction of sp³-hybridized carbons (Fsp3) is 1.00. The van der Waals surface area contributed by atoms with Crippen LogP contribution in [0.4, 0.5) is 8.78 Å². The van der Waals surface area contributed by atoms with Crippen LogP contribution in [0.25, 0.3) is 0 Å². The molecule has 0 amide bonds. The maximum absolute atomic E-state index is 13.7. The molecule has 0 radical (unpaired) electrons. The van der Waals surface area contributed by atoms with Gasteiger partial charge < -0.3 is 5.73 Å². The summed E-state index contributed by atoms with van der Waals surface area (Å²) in [4.78, 5) is 1.96. The molecular weight excluding hydrogens is 246 g/mol. The van der Waals surface area contributed by atoms with Crippen molar-refractivity contribution in [2.75, 3.05) is 13.1 Å². The van der Waals surface area contributed by atoms with Gasteiger partial charge in [-0.25, -0.2) is 8.78 Å². The number of rotatable bonds is 8. The molecule has 0 saturated carbocycles. The second kappa shape index (κ2) is 8.15. The summed E-state index contributed by atoms with van der Waals surface area (Å²) in [5.74, 6) is -2.60. The first kappa shape index (κ1) is 16.8. The van der Waals surface area contributed by atoms with Crippen molar-refractivity contribution in [2.45, 2.75) is 83.2 Å². The Morgan fingerprint density at radius 1 is 1.16 bits per heavy atom. The van der Waals surface area contributed by atoms with Crippen LogP contribution in [-0.2, 0) is 0 Å². The van der Waals surface area contributed by atoms with Crippen molar-refractivity contribution in [3.63, 3.8) is 0 Å². The van der Waals surface area contributed by atoms with E-state index in [1.807, 2.05) is 4.90 Å². The Labute approximate surface area is 116 Å². The third-order valence-corrected chi connectivity index (χ3v) is 4.01. The van der Waals surface area contributed by atoms with Gasteiger partial charge in [0, 0.05) is 25.0 Å². The number of hydrogen-bond acceptors (Lipinski definition) is 2. The van der Waals surface area contributed by atoms with Gasteiger partial charge in [-0.1, -0.05) is 46.0 Å². The molecule has 1 unspecified atom stereocenters. The van der Waals surface area contributed by atoms with Crippen LogP contribution in [-0.4, -0.2) is 36.0 Å². The first-order chi connectivity index (χ1) is 8.98. The predicted octanol–water partition coefficient (Wildman–Crippen LogP) is 3.79. The van der Waals surface area contributed by atoms with Crippen LogP contribution < -0.4 is 5.73 Å². The number of hydrogen-bond donors (Lipinski definition) is 1. The first-order valence-corrected chi connectivity index (χ1v) is 7.86. The quantitative estimate of drug-likeness (QED) is 0.683. The Kier molecular flexibility index (Phi) is 7.22. The van der Waals surface area contributed by atoms with Gasteiger partial charge in [-0.05, 0) is 12.8 Å². The third-order valence-electron chi connectivity index (χ3n) is 4.01. The van der Waals surface area contributed by atoms with Gasteiger partial charge in [0.1, 0.15) is 0 Å². The zero-order valence-corrected chi connectivity index (χ0v) is 12.5. The summed E-state index contributed by atoms with van der Waals surface area (Å²) in [7, 11) is 0. The molecule has 0 aliphatic carbocycles. The van der Waals surface area contributed by atoms with Gasteiger partial charge in [0.15, 0.2) is 0 Å². The highest BCUT2D eigenvalue weighted by Crippen LogP contribution is 2.29. The number of piperidine rings is 1. The molecule has 0 aromatic heterocycles. The van der Waals surface area contributed by atoms with Gasteiger partial charge in [-0.3, -0.25) is 4.90 Å². The van der Waals surface area contributed by atoms with Crippen LogP contribution in [0.3, 0.4) is 0 Å². The van der Waals surface area contributed by atoms with E-state index in [1.165, 1.54) is 12.8 Å². The highest BCUT2D eigenvalue weighted by Gasteiger charge is 2.40. The first-order valence-electron chi connectivity index (χ1n) is 7.86. The summed E-state index contributed by atoms with van der Waals surface area (Å²) < 4.78 is 27.3. The van der Waals surface area contributed by atoms with Gasteiger partial charge >= 0.3 is 0 Å². The van der Waals surface area contributed by atoms with Gasteiger partial charge in [0.05, 0.1) is 6.54 Å². The largest absolute Gasteiger partial charge is 0.326 e. The molecule has 4 heteroatoms. The Balaban J connectivity index is 2.55. The standard InChI is InChI=1S/C15H30F2N2/c1-3-5-7-9-14(8-6-4-2)19-11-13(18)10-15(16,17)12-19/h13-14H,3-12,18H2,1-2H3/t13-,14?/m1/s1. The van der Waals surface area contributed by atoms with E-state index in [4.69, 9.17) is 5.73 Å². The van der Waals surface area contributed by atoms with E-state index < -0.39 is 5.92 Å². The SMILES string of the molecule is CCCCCC(CCCC)N1C[C@H](N)CC(F)(F)C1. The lowest BCUT2D eigenvalue weighted by Crippen LogP contribution is -2.55. The summed E-state index contributed by atoms with van der Waals surface area (Å²) in [6.07, 6.45) is 7.67. The van der Waals surface area contributed by atoms with Gasteiger partial charge in [-0.15, -0.1) is 0 Å². The van der Waals surface area contributed by atoms with Gasteiger partial charge in [0.25, 0.3) is 5.92 Å². The maximum Gasteiger partial charge on any atom is 0.262 e. The smallest absolute Gasteiger partial charge is 0.262 e. The van der Waals surface area contributed by atoms with E-state index in [1.54, 1.807) is 0 Å². The number of alkyl halides is 2. The molecule has 1 rings (SSSR count). The minimum Gasteiger partial charge on any atom is -0.326 e. The minimum atomic E-state index is -2.60. The Hall–Kier alpha value is -0.220. The average molecular weight is 276 g/mol. The van der Waals surface area contributed by atoms with Crippen LogP contribution >= 0.6 is 0 Å². The molecule has 0 aromatic rings. The lowest BCUT2D eigenvalue weighted by molar-refractivity contribution is -0.0833. The van der Waals surface area contributed by atoms with Gasteiger partial charge in [-0.2, -0.15) is 0 Å². The molecule has 1 aliphatic heterocycles. The van der Waals surface area contributed by atoms with Crippen molar-refractivity contribution in [3.05, 3.63) is 0 Å². The molecule has 0 spiro atoms. The molecule has 2 nitrogen and oxygen atoms in total. The van der Waals surface area contributed by atoms with Crippen molar-refractivity contribution in [2.24, 2.45) is 5.73 Å². The molecule has 114 valence electrons. The zero-order valence-electron chi connectivity index (χ0n) is 12.5. The van der Waals surface area contributed by atoms with Crippen molar-refractivity contribution in [1.29, 1.82) is 0 Å². The van der Waals surface area contributed by atoms with Crippen molar-refractivity contribution < 1.29 is 8.78 Å². The highest BCUT2D eigenvalue weighted by atomic mass is 19.3. The van der Waals surface area contributed by atoms with E-state index >= 15 is 0 Å². The topological polar surface area (TPSA) is 29.3 Å². The molecule has 1 fully saturated rings. The summed E-state index contributed by atoms with van der Waals surface area (Å²) in [6, 6.07) is -0.0808. The summed E-state index contributed by atoms with van der Waals surface area (Å²) in [5, 5.41) is 0. The zero-order chi connectivity index (χ0) is 14.3. The summed E-state index contributed by atoms with van der Waals surface area (Å²) in [6.45, 7) is 4.86. The molecule has 2 N–H and O–H groups in total. The summed E-state index contributed by atoms with van der Waals surface area (Å²) >= 11 is 0. The molecular formula is C15H30F2N2. The van der Waals surface area contributed by atoms with Crippen LogP contribution in [0.5, 0.6) is 0 Å². The van der Waals surface area contributed by atoms with Crippen LogP contribution in [0, 0.1) is 0 Å². The monoisotopic (exact) mass is 276 g/mol. The second-order valence-electron chi connectivity index (χ2n) is 6.04. The van der Waals surface area contributed by atoms with E-state index in [0.29, 0.717) is 12.6 Å². The third kappa shape index (κ3) is 6.17. The Morgan fingerprint density at radius 3 is 2.37 bits per heavy atom. The van der Waals surface area contributed by atoms with E-state index in [2.05, 4.69) is 13.8 Å². The Bertz CT molecular complexity index is 246. The maximum atomic E-state index is 13.7. The molecule has 0 bridgehead atoms. The van der Waals surface area contributed by atoms with Crippen molar-refractivity contribution in [3.8, 4) is 0 Å².